The van der Waals surface area contributed by atoms with E-state index in [0.29, 0.717) is 12.8 Å². The Balaban J connectivity index is 0.000000226. The average molecular weight is 621 g/mol. The van der Waals surface area contributed by atoms with Gasteiger partial charge in [-0.15, -0.1) is 0 Å². The van der Waals surface area contributed by atoms with Gasteiger partial charge in [0, 0.05) is 13.1 Å². The summed E-state index contributed by atoms with van der Waals surface area (Å²) in [7, 11) is -6.98. The van der Waals surface area contributed by atoms with Gasteiger partial charge in [-0.05, 0) is 74.2 Å². The third-order valence-corrected chi connectivity index (χ3v) is 11.1. The number of carbonyl (C=O) groups excluding carboxylic acids is 1. The van der Waals surface area contributed by atoms with E-state index in [4.69, 9.17) is 0 Å². The van der Waals surface area contributed by atoms with Crippen LogP contribution in [-0.4, -0.2) is 97.2 Å². The van der Waals surface area contributed by atoms with E-state index in [2.05, 4.69) is 4.74 Å². The second-order valence-electron chi connectivity index (χ2n) is 9.45. The number of halogens is 2. The molecule has 0 aromatic heterocycles. The van der Waals surface area contributed by atoms with Gasteiger partial charge in [0.25, 0.3) is 0 Å². The monoisotopic (exact) mass is 620 g/mol. The molecule has 2 aromatic carbocycles. The summed E-state index contributed by atoms with van der Waals surface area (Å²) in [6.45, 7) is -1.37. The standard InChI is InChI=1S/C13H16FNO5S.C12H14FNO5S/c1-20-12(17)13(9-16)7-2-8-15(13)21(18,19)11-5-3-10(14)4-6-11;13-9-2-4-10(5-3-9)20(18,19)14-7-1-6-12(14,8-15)11(16)17/h3-6,16H,2,7-9H2,1H3;2-5,15H,1,6-8H2,(H,16,17)/t13-;12-/m11/s1. The average Bonchev–Trinajstić information content (AvgIpc) is 3.60. The number of methoxy groups -OCH3 is 1. The minimum absolute atomic E-state index is 0.00652. The number of benzene rings is 2. The molecular formula is C25H30F2N2O10S2. The van der Waals surface area contributed by atoms with Crippen LogP contribution in [0.15, 0.2) is 58.3 Å². The molecule has 226 valence electrons. The lowest BCUT2D eigenvalue weighted by Crippen LogP contribution is -2.56. The lowest BCUT2D eigenvalue weighted by molar-refractivity contribution is -0.153. The summed E-state index contributed by atoms with van der Waals surface area (Å²) in [5.41, 5.74) is -3.45. The number of carboxylic acids is 1. The number of aliphatic hydroxyl groups excluding tert-OH is 2. The molecule has 0 saturated carbocycles. The van der Waals surface area contributed by atoms with Crippen LogP contribution >= 0.6 is 0 Å². The van der Waals surface area contributed by atoms with Crippen LogP contribution in [0.2, 0.25) is 0 Å². The molecule has 0 unspecified atom stereocenters. The second kappa shape index (κ2) is 12.5. The van der Waals surface area contributed by atoms with Gasteiger partial charge in [0.2, 0.25) is 20.0 Å². The lowest BCUT2D eigenvalue weighted by Gasteiger charge is -2.33. The first-order valence-electron chi connectivity index (χ1n) is 12.3. The zero-order valence-corrected chi connectivity index (χ0v) is 23.6. The maximum absolute atomic E-state index is 12.9. The van der Waals surface area contributed by atoms with Gasteiger partial charge in [-0.3, -0.25) is 4.79 Å². The van der Waals surface area contributed by atoms with Gasteiger partial charge in [0.1, 0.15) is 11.6 Å². The summed E-state index contributed by atoms with van der Waals surface area (Å²) >= 11 is 0. The summed E-state index contributed by atoms with van der Waals surface area (Å²) in [6, 6.07) is 8.45. The van der Waals surface area contributed by atoms with Crippen molar-refractivity contribution >= 4 is 32.0 Å². The van der Waals surface area contributed by atoms with E-state index in [9.17, 15) is 50.5 Å². The van der Waals surface area contributed by atoms with Crippen molar-refractivity contribution in [3.8, 4) is 0 Å². The molecule has 0 aliphatic carbocycles. The number of ether oxygens (including phenoxy) is 1. The lowest BCUT2D eigenvalue weighted by atomic mass is 9.99. The first kappa shape index (κ1) is 32.5. The normalized spacial score (nSPS) is 23.5. The molecule has 2 aliphatic heterocycles. The number of aliphatic carboxylic acids is 1. The molecule has 41 heavy (non-hydrogen) atoms. The van der Waals surface area contributed by atoms with Crippen LogP contribution in [0.4, 0.5) is 8.78 Å². The SMILES string of the molecule is COC(=O)[C@]1(CO)CCCN1S(=O)(=O)c1ccc(F)cc1.O=C(O)[C@]1(CO)CCCN1S(=O)(=O)c1ccc(F)cc1. The highest BCUT2D eigenvalue weighted by Crippen LogP contribution is 2.36. The molecule has 2 aromatic rings. The smallest absolute Gasteiger partial charge is 0.329 e. The molecule has 12 nitrogen and oxygen atoms in total. The highest BCUT2D eigenvalue weighted by Gasteiger charge is 2.54. The molecule has 2 aliphatic rings. The number of sulfonamides is 2. The summed E-state index contributed by atoms with van der Waals surface area (Å²) in [5, 5.41) is 28.2. The molecular weight excluding hydrogens is 590 g/mol. The van der Waals surface area contributed by atoms with E-state index in [0.717, 1.165) is 64.3 Å². The Morgan fingerprint density at radius 1 is 0.780 bits per heavy atom. The van der Waals surface area contributed by atoms with Gasteiger partial charge in [0.05, 0.1) is 30.1 Å². The van der Waals surface area contributed by atoms with Crippen LogP contribution in [0.5, 0.6) is 0 Å². The topological polar surface area (TPSA) is 179 Å². The third-order valence-electron chi connectivity index (χ3n) is 7.15. The van der Waals surface area contributed by atoms with Crippen LogP contribution in [0.25, 0.3) is 0 Å². The zero-order chi connectivity index (χ0) is 30.6. The molecule has 2 fully saturated rings. The highest BCUT2D eigenvalue weighted by molar-refractivity contribution is 7.89. The van der Waals surface area contributed by atoms with Crippen LogP contribution in [-0.2, 0) is 34.4 Å². The fourth-order valence-electron chi connectivity index (χ4n) is 4.93. The highest BCUT2D eigenvalue weighted by atomic mass is 32.2. The fourth-order valence-corrected chi connectivity index (χ4v) is 8.51. The van der Waals surface area contributed by atoms with Crippen molar-refractivity contribution in [2.24, 2.45) is 0 Å². The van der Waals surface area contributed by atoms with E-state index in [1.807, 2.05) is 0 Å². The Kier molecular flexibility index (Phi) is 9.88. The molecule has 0 amide bonds. The van der Waals surface area contributed by atoms with Crippen LogP contribution in [0.3, 0.4) is 0 Å². The number of carboxylic acid groups (broad SMARTS) is 1. The molecule has 0 bridgehead atoms. The van der Waals surface area contributed by atoms with Crippen LogP contribution < -0.4 is 0 Å². The predicted molar refractivity (Wildman–Crippen MR) is 138 cm³/mol. The van der Waals surface area contributed by atoms with Gasteiger partial charge in [-0.1, -0.05) is 0 Å². The predicted octanol–water partition coefficient (Wildman–Crippen LogP) is 0.940. The van der Waals surface area contributed by atoms with Gasteiger partial charge in [-0.2, -0.15) is 8.61 Å². The van der Waals surface area contributed by atoms with Gasteiger partial charge in [-0.25, -0.2) is 30.4 Å². The maximum atomic E-state index is 12.9. The number of carbonyl (C=O) groups is 2. The van der Waals surface area contributed by atoms with Crippen molar-refractivity contribution in [3.63, 3.8) is 0 Å². The molecule has 0 spiro atoms. The number of aliphatic hydroxyl groups is 2. The van der Waals surface area contributed by atoms with Crippen molar-refractivity contribution in [1.29, 1.82) is 0 Å². The molecule has 3 N–H and O–H groups in total. The first-order valence-corrected chi connectivity index (χ1v) is 15.2. The number of hydrogen-bond acceptors (Lipinski definition) is 9. The van der Waals surface area contributed by atoms with Crippen molar-refractivity contribution in [2.75, 3.05) is 33.4 Å². The Morgan fingerprint density at radius 3 is 1.49 bits per heavy atom. The number of hydrogen-bond donors (Lipinski definition) is 3. The number of rotatable bonds is 8. The minimum Gasteiger partial charge on any atom is -0.480 e. The Labute approximate surface area is 235 Å². The van der Waals surface area contributed by atoms with Gasteiger partial charge < -0.3 is 20.1 Å². The van der Waals surface area contributed by atoms with Crippen molar-refractivity contribution in [3.05, 3.63) is 60.2 Å². The summed E-state index contributed by atoms with van der Waals surface area (Å²) in [6.07, 6.45) is 0.985. The molecule has 2 heterocycles. The van der Waals surface area contributed by atoms with Crippen LogP contribution in [0, 0.1) is 11.6 Å². The van der Waals surface area contributed by atoms with E-state index >= 15 is 0 Å². The third kappa shape index (κ3) is 5.98. The largest absolute Gasteiger partial charge is 0.480 e. The Hall–Kier alpha value is -3.02. The number of esters is 1. The maximum Gasteiger partial charge on any atom is 0.329 e. The summed E-state index contributed by atoms with van der Waals surface area (Å²) in [5.74, 6) is -3.33. The molecule has 2 saturated heterocycles. The summed E-state index contributed by atoms with van der Waals surface area (Å²) < 4.78 is 82.3. The van der Waals surface area contributed by atoms with Crippen molar-refractivity contribution < 1.29 is 55.3 Å². The van der Waals surface area contributed by atoms with E-state index in [1.165, 1.54) is 0 Å². The second-order valence-corrected chi connectivity index (χ2v) is 13.2. The minimum atomic E-state index is -4.09. The molecule has 0 radical (unpaired) electrons. The van der Waals surface area contributed by atoms with Crippen LogP contribution in [0.1, 0.15) is 25.7 Å². The molecule has 4 rings (SSSR count). The van der Waals surface area contributed by atoms with Crippen molar-refractivity contribution in [1.82, 2.24) is 8.61 Å². The van der Waals surface area contributed by atoms with Crippen molar-refractivity contribution in [2.45, 2.75) is 46.6 Å². The Bertz CT molecular complexity index is 1470. The van der Waals surface area contributed by atoms with E-state index < -0.39 is 67.9 Å². The van der Waals surface area contributed by atoms with E-state index in [-0.39, 0.29) is 35.7 Å². The molecule has 2 atom stereocenters. The van der Waals surface area contributed by atoms with E-state index in [1.54, 1.807) is 0 Å². The zero-order valence-electron chi connectivity index (χ0n) is 21.9. The van der Waals surface area contributed by atoms with Gasteiger partial charge in [0.15, 0.2) is 11.1 Å². The number of nitrogens with zero attached hydrogens (tertiary/aromatic N) is 2. The Morgan fingerprint density at radius 2 is 1.15 bits per heavy atom. The molecule has 16 heteroatoms. The first-order chi connectivity index (χ1) is 19.2. The van der Waals surface area contributed by atoms with Gasteiger partial charge >= 0.3 is 11.9 Å². The fraction of sp³-hybridized carbons (Fsp3) is 0.440. The summed E-state index contributed by atoms with van der Waals surface area (Å²) in [4.78, 5) is 23.0. The quantitative estimate of drug-likeness (QED) is 0.360.